The SMILES string of the molecule is CC(C)CN(CCC(=O)N1CCNCC1)C(=O)c1cccc(Cl)c1. The van der Waals surface area contributed by atoms with Crippen molar-refractivity contribution in [1.82, 2.24) is 15.1 Å². The molecule has 1 aromatic carbocycles. The molecule has 2 amide bonds. The van der Waals surface area contributed by atoms with E-state index in [9.17, 15) is 9.59 Å². The molecular weight excluding hydrogens is 326 g/mol. The maximum Gasteiger partial charge on any atom is 0.253 e. The number of piperazine rings is 1. The van der Waals surface area contributed by atoms with E-state index in [1.165, 1.54) is 0 Å². The van der Waals surface area contributed by atoms with Crippen LogP contribution >= 0.6 is 11.6 Å². The Morgan fingerprint density at radius 2 is 2.00 bits per heavy atom. The molecule has 0 radical (unpaired) electrons. The fourth-order valence-electron chi connectivity index (χ4n) is 2.82. The Kier molecular flexibility index (Phi) is 7.06. The summed E-state index contributed by atoms with van der Waals surface area (Å²) < 4.78 is 0. The predicted molar refractivity (Wildman–Crippen MR) is 96.3 cm³/mol. The lowest BCUT2D eigenvalue weighted by atomic mass is 10.1. The van der Waals surface area contributed by atoms with Crippen LogP contribution in [-0.2, 0) is 4.79 Å². The summed E-state index contributed by atoms with van der Waals surface area (Å²) in [6, 6.07) is 6.96. The van der Waals surface area contributed by atoms with Gasteiger partial charge in [0.15, 0.2) is 0 Å². The molecule has 0 aliphatic carbocycles. The summed E-state index contributed by atoms with van der Waals surface area (Å²) in [6.07, 6.45) is 0.360. The highest BCUT2D eigenvalue weighted by molar-refractivity contribution is 6.30. The molecule has 0 unspecified atom stereocenters. The van der Waals surface area contributed by atoms with E-state index in [-0.39, 0.29) is 11.8 Å². The third-order valence-corrected chi connectivity index (χ3v) is 4.24. The highest BCUT2D eigenvalue weighted by Crippen LogP contribution is 2.14. The van der Waals surface area contributed by atoms with Gasteiger partial charge in [0.25, 0.3) is 5.91 Å². The summed E-state index contributed by atoms with van der Waals surface area (Å²) in [5, 5.41) is 3.78. The molecule has 24 heavy (non-hydrogen) atoms. The first kappa shape index (κ1) is 18.7. The molecule has 0 bridgehead atoms. The van der Waals surface area contributed by atoms with Gasteiger partial charge in [-0.1, -0.05) is 31.5 Å². The summed E-state index contributed by atoms with van der Waals surface area (Å²) in [4.78, 5) is 28.7. The zero-order valence-corrected chi connectivity index (χ0v) is 15.2. The number of carbonyl (C=O) groups is 2. The third kappa shape index (κ3) is 5.49. The standard InChI is InChI=1S/C18H26ClN3O2/c1-14(2)13-22(18(24)15-4-3-5-16(19)12-15)9-6-17(23)21-10-7-20-8-11-21/h3-5,12,14,20H,6-11,13H2,1-2H3. The fourth-order valence-corrected chi connectivity index (χ4v) is 3.01. The molecule has 1 N–H and O–H groups in total. The second kappa shape index (κ2) is 9.04. The van der Waals surface area contributed by atoms with Crippen LogP contribution in [0.2, 0.25) is 5.02 Å². The van der Waals surface area contributed by atoms with Crippen molar-refractivity contribution < 1.29 is 9.59 Å². The average Bonchev–Trinajstić information content (AvgIpc) is 2.58. The van der Waals surface area contributed by atoms with Crippen molar-refractivity contribution in [2.24, 2.45) is 5.92 Å². The zero-order chi connectivity index (χ0) is 17.5. The molecule has 132 valence electrons. The number of carbonyl (C=O) groups excluding carboxylic acids is 2. The van der Waals surface area contributed by atoms with Gasteiger partial charge >= 0.3 is 0 Å². The Morgan fingerprint density at radius 3 is 2.62 bits per heavy atom. The van der Waals surface area contributed by atoms with Crippen LogP contribution in [0.1, 0.15) is 30.6 Å². The van der Waals surface area contributed by atoms with Gasteiger partial charge in [-0.05, 0) is 24.1 Å². The first-order valence-electron chi connectivity index (χ1n) is 8.50. The van der Waals surface area contributed by atoms with E-state index in [1.54, 1.807) is 29.2 Å². The molecule has 1 aliphatic heterocycles. The quantitative estimate of drug-likeness (QED) is 0.855. The van der Waals surface area contributed by atoms with Gasteiger partial charge in [0.05, 0.1) is 0 Å². The predicted octanol–water partition coefficient (Wildman–Crippen LogP) is 2.26. The second-order valence-corrected chi connectivity index (χ2v) is 6.97. The largest absolute Gasteiger partial charge is 0.340 e. The van der Waals surface area contributed by atoms with Crippen LogP contribution < -0.4 is 5.32 Å². The minimum absolute atomic E-state index is 0.0701. The Hall–Kier alpha value is -1.59. The monoisotopic (exact) mass is 351 g/mol. The van der Waals surface area contributed by atoms with Crippen LogP contribution in [-0.4, -0.2) is 60.9 Å². The molecule has 0 aromatic heterocycles. The van der Waals surface area contributed by atoms with Crippen LogP contribution in [0.5, 0.6) is 0 Å². The Morgan fingerprint density at radius 1 is 1.29 bits per heavy atom. The first-order valence-corrected chi connectivity index (χ1v) is 8.88. The number of nitrogens with zero attached hydrogens (tertiary/aromatic N) is 2. The molecular formula is C18H26ClN3O2. The zero-order valence-electron chi connectivity index (χ0n) is 14.4. The van der Waals surface area contributed by atoms with Crippen molar-refractivity contribution in [3.05, 3.63) is 34.9 Å². The van der Waals surface area contributed by atoms with E-state index in [0.717, 1.165) is 26.2 Å². The van der Waals surface area contributed by atoms with Crippen molar-refractivity contribution >= 4 is 23.4 Å². The first-order chi connectivity index (χ1) is 11.5. The molecule has 0 spiro atoms. The summed E-state index contributed by atoms with van der Waals surface area (Å²) in [6.45, 7) is 8.35. The summed E-state index contributed by atoms with van der Waals surface area (Å²) in [5.74, 6) is 0.380. The van der Waals surface area contributed by atoms with Gasteiger partial charge in [-0.15, -0.1) is 0 Å². The molecule has 1 aromatic rings. The van der Waals surface area contributed by atoms with Crippen LogP contribution in [0.3, 0.4) is 0 Å². The van der Waals surface area contributed by atoms with Crippen LogP contribution in [0.4, 0.5) is 0 Å². The number of amides is 2. The molecule has 0 atom stereocenters. The van der Waals surface area contributed by atoms with E-state index in [4.69, 9.17) is 11.6 Å². The number of nitrogens with one attached hydrogen (secondary N) is 1. The van der Waals surface area contributed by atoms with E-state index in [2.05, 4.69) is 19.2 Å². The lowest BCUT2D eigenvalue weighted by Crippen LogP contribution is -2.47. The topological polar surface area (TPSA) is 52.7 Å². The molecule has 0 saturated carbocycles. The number of halogens is 1. The summed E-state index contributed by atoms with van der Waals surface area (Å²) in [7, 11) is 0. The maximum atomic E-state index is 12.8. The average molecular weight is 352 g/mol. The number of hydrogen-bond acceptors (Lipinski definition) is 3. The number of benzene rings is 1. The lowest BCUT2D eigenvalue weighted by molar-refractivity contribution is -0.132. The fraction of sp³-hybridized carbons (Fsp3) is 0.556. The third-order valence-electron chi connectivity index (χ3n) is 4.01. The number of rotatable bonds is 6. The van der Waals surface area contributed by atoms with Crippen molar-refractivity contribution in [3.63, 3.8) is 0 Å². The second-order valence-electron chi connectivity index (χ2n) is 6.54. The van der Waals surface area contributed by atoms with Gasteiger partial charge < -0.3 is 15.1 Å². The van der Waals surface area contributed by atoms with Gasteiger partial charge in [0.1, 0.15) is 0 Å². The molecule has 1 saturated heterocycles. The van der Waals surface area contributed by atoms with Gasteiger partial charge in [-0.2, -0.15) is 0 Å². The molecule has 2 rings (SSSR count). The highest BCUT2D eigenvalue weighted by atomic mass is 35.5. The van der Waals surface area contributed by atoms with Crippen LogP contribution in [0.25, 0.3) is 0 Å². The lowest BCUT2D eigenvalue weighted by Gasteiger charge is -2.29. The Labute approximate surface area is 149 Å². The Bertz CT molecular complexity index is 571. The molecule has 1 fully saturated rings. The molecule has 5 nitrogen and oxygen atoms in total. The van der Waals surface area contributed by atoms with E-state index in [0.29, 0.717) is 36.0 Å². The van der Waals surface area contributed by atoms with E-state index in [1.807, 2.05) is 4.90 Å². The van der Waals surface area contributed by atoms with E-state index >= 15 is 0 Å². The minimum Gasteiger partial charge on any atom is -0.340 e. The van der Waals surface area contributed by atoms with Crippen LogP contribution in [0, 0.1) is 5.92 Å². The molecule has 6 heteroatoms. The van der Waals surface area contributed by atoms with Crippen molar-refractivity contribution in [1.29, 1.82) is 0 Å². The highest BCUT2D eigenvalue weighted by Gasteiger charge is 2.21. The van der Waals surface area contributed by atoms with Gasteiger partial charge in [-0.25, -0.2) is 0 Å². The minimum atomic E-state index is -0.0701. The van der Waals surface area contributed by atoms with Gasteiger partial charge in [0, 0.05) is 56.3 Å². The Balaban J connectivity index is 1.99. The van der Waals surface area contributed by atoms with E-state index < -0.39 is 0 Å². The van der Waals surface area contributed by atoms with Crippen LogP contribution in [0.15, 0.2) is 24.3 Å². The maximum absolute atomic E-state index is 12.8. The van der Waals surface area contributed by atoms with Gasteiger partial charge in [-0.3, -0.25) is 9.59 Å². The van der Waals surface area contributed by atoms with Gasteiger partial charge in [0.2, 0.25) is 5.91 Å². The van der Waals surface area contributed by atoms with Crippen molar-refractivity contribution in [3.8, 4) is 0 Å². The number of hydrogen-bond donors (Lipinski definition) is 1. The smallest absolute Gasteiger partial charge is 0.253 e. The van der Waals surface area contributed by atoms with Crippen molar-refractivity contribution in [2.45, 2.75) is 20.3 Å². The summed E-state index contributed by atoms with van der Waals surface area (Å²) >= 11 is 5.99. The summed E-state index contributed by atoms with van der Waals surface area (Å²) in [5.41, 5.74) is 0.567. The normalized spacial score (nSPS) is 14.8. The molecule has 1 aliphatic rings. The van der Waals surface area contributed by atoms with Crippen molar-refractivity contribution in [2.75, 3.05) is 39.3 Å². The molecule has 1 heterocycles.